The molecule has 128 valence electrons. The highest BCUT2D eigenvalue weighted by atomic mass is 32.2. The van der Waals surface area contributed by atoms with E-state index in [1.54, 1.807) is 0 Å². The number of hydrogen-bond acceptors (Lipinski definition) is 6. The lowest BCUT2D eigenvalue weighted by molar-refractivity contribution is -0.119. The molecule has 1 aromatic carbocycles. The molecule has 23 heavy (non-hydrogen) atoms. The second kappa shape index (κ2) is 6.19. The predicted molar refractivity (Wildman–Crippen MR) is 83.7 cm³/mol. The first kappa shape index (κ1) is 17.9. The quantitative estimate of drug-likeness (QED) is 0.739. The monoisotopic (exact) mass is 362 g/mol. The molecular weight excluding hydrogens is 344 g/mol. The van der Waals surface area contributed by atoms with Crippen molar-refractivity contribution in [3.63, 3.8) is 0 Å². The Balaban J connectivity index is 2.32. The molecule has 1 saturated heterocycles. The first-order valence-electron chi connectivity index (χ1n) is 6.88. The maximum Gasteiger partial charge on any atom is 0.244 e. The van der Waals surface area contributed by atoms with E-state index in [1.807, 2.05) is 0 Å². The number of amides is 1. The molecule has 0 radical (unpaired) electrons. The molecule has 0 spiro atoms. The molecule has 0 aliphatic carbocycles. The van der Waals surface area contributed by atoms with Gasteiger partial charge in [0.15, 0.2) is 0 Å². The van der Waals surface area contributed by atoms with E-state index >= 15 is 0 Å². The van der Waals surface area contributed by atoms with Gasteiger partial charge in [-0.2, -0.15) is 0 Å². The normalized spacial score (nSPS) is 22.3. The van der Waals surface area contributed by atoms with Crippen LogP contribution in [0, 0.1) is 5.92 Å². The van der Waals surface area contributed by atoms with Crippen molar-refractivity contribution < 1.29 is 26.7 Å². The van der Waals surface area contributed by atoms with Gasteiger partial charge in [-0.1, -0.05) is 6.92 Å². The fourth-order valence-corrected chi connectivity index (χ4v) is 5.27. The Kier molecular flexibility index (Phi) is 4.81. The summed E-state index contributed by atoms with van der Waals surface area (Å²) in [5.41, 5.74) is 0.105. The Labute approximate surface area is 135 Å². The Morgan fingerprint density at radius 2 is 1.91 bits per heavy atom. The van der Waals surface area contributed by atoms with Crippen LogP contribution >= 0.6 is 0 Å². The number of aliphatic hydroxyl groups excluding tert-OH is 1. The lowest BCUT2D eigenvalue weighted by atomic mass is 10.2. The third kappa shape index (κ3) is 3.55. The number of anilines is 1. The average Bonchev–Trinajstić information content (AvgIpc) is 2.66. The first-order valence-corrected chi connectivity index (χ1v) is 9.98. The van der Waals surface area contributed by atoms with Gasteiger partial charge in [0.2, 0.25) is 26.0 Å². The van der Waals surface area contributed by atoms with Crippen LogP contribution in [0.1, 0.15) is 13.8 Å². The molecule has 0 aromatic heterocycles. The van der Waals surface area contributed by atoms with E-state index in [9.17, 15) is 21.6 Å². The summed E-state index contributed by atoms with van der Waals surface area (Å²) in [6, 6.07) is 4.32. The highest BCUT2D eigenvalue weighted by Gasteiger charge is 2.41. The van der Waals surface area contributed by atoms with Crippen LogP contribution in [0.3, 0.4) is 0 Å². The van der Waals surface area contributed by atoms with Crippen LogP contribution in [0.2, 0.25) is 0 Å². The van der Waals surface area contributed by atoms with Crippen molar-refractivity contribution in [1.29, 1.82) is 0 Å². The summed E-state index contributed by atoms with van der Waals surface area (Å²) in [5, 5.41) is 8.91. The Morgan fingerprint density at radius 1 is 1.35 bits per heavy atom. The van der Waals surface area contributed by atoms with Crippen LogP contribution in [0.25, 0.3) is 0 Å². The summed E-state index contributed by atoms with van der Waals surface area (Å²) in [6.45, 7) is 2.68. The van der Waals surface area contributed by atoms with Gasteiger partial charge in [0.25, 0.3) is 0 Å². The van der Waals surface area contributed by atoms with Crippen LogP contribution in [0.5, 0.6) is 0 Å². The van der Waals surface area contributed by atoms with Gasteiger partial charge in [0, 0.05) is 6.04 Å². The van der Waals surface area contributed by atoms with Gasteiger partial charge in [-0.25, -0.2) is 25.9 Å². The summed E-state index contributed by atoms with van der Waals surface area (Å²) in [7, 11) is -7.55. The molecular formula is C13H18N2O6S2. The summed E-state index contributed by atoms with van der Waals surface area (Å²) in [4.78, 5) is 11.9. The summed E-state index contributed by atoms with van der Waals surface area (Å²) in [6.07, 6.45) is 0. The van der Waals surface area contributed by atoms with Gasteiger partial charge >= 0.3 is 0 Å². The number of aliphatic hydroxyl groups is 1. The number of hydrogen-bond donors (Lipinski definition) is 2. The molecule has 1 amide bonds. The van der Waals surface area contributed by atoms with Gasteiger partial charge in [0.1, 0.15) is 0 Å². The molecule has 1 aliphatic rings. The lowest BCUT2D eigenvalue weighted by Gasteiger charge is -2.16. The number of nitrogens with zero attached hydrogens (tertiary/aromatic N) is 1. The van der Waals surface area contributed by atoms with Crippen molar-refractivity contribution in [2.45, 2.75) is 24.8 Å². The van der Waals surface area contributed by atoms with Gasteiger partial charge in [-0.05, 0) is 31.2 Å². The zero-order chi connectivity index (χ0) is 17.4. The van der Waals surface area contributed by atoms with Gasteiger partial charge in [-0.15, -0.1) is 0 Å². The Hall–Kier alpha value is -1.49. The van der Waals surface area contributed by atoms with Crippen molar-refractivity contribution in [1.82, 2.24) is 4.72 Å². The highest BCUT2D eigenvalue weighted by Crippen LogP contribution is 2.28. The molecule has 8 nitrogen and oxygen atoms in total. The van der Waals surface area contributed by atoms with Gasteiger partial charge in [0.05, 0.1) is 28.9 Å². The molecule has 1 aliphatic heterocycles. The van der Waals surface area contributed by atoms with E-state index in [2.05, 4.69) is 4.72 Å². The minimum atomic E-state index is -3.83. The number of nitrogens with one attached hydrogen (secondary N) is 1. The van der Waals surface area contributed by atoms with Crippen molar-refractivity contribution >= 4 is 31.6 Å². The zero-order valence-corrected chi connectivity index (χ0v) is 14.3. The summed E-state index contributed by atoms with van der Waals surface area (Å²) < 4.78 is 51.1. The molecule has 1 heterocycles. The van der Waals surface area contributed by atoms with E-state index in [0.29, 0.717) is 4.31 Å². The predicted octanol–water partition coefficient (Wildman–Crippen LogP) is -0.342. The lowest BCUT2D eigenvalue weighted by Crippen LogP contribution is -2.35. The Bertz CT molecular complexity index is 801. The van der Waals surface area contributed by atoms with Crippen LogP contribution in [-0.2, 0) is 24.8 Å². The minimum absolute atomic E-state index is 0.0846. The Morgan fingerprint density at radius 3 is 2.35 bits per heavy atom. The fourth-order valence-electron chi connectivity index (χ4n) is 2.22. The van der Waals surface area contributed by atoms with Crippen molar-refractivity contribution in [2.24, 2.45) is 5.92 Å². The molecule has 1 aromatic rings. The van der Waals surface area contributed by atoms with Crippen LogP contribution in [-0.4, -0.2) is 46.3 Å². The number of benzene rings is 1. The largest absolute Gasteiger partial charge is 0.395 e. The first-order chi connectivity index (χ1) is 10.6. The van der Waals surface area contributed by atoms with Gasteiger partial charge < -0.3 is 5.11 Å². The maximum atomic E-state index is 12.1. The highest BCUT2D eigenvalue weighted by molar-refractivity contribution is 7.94. The van der Waals surface area contributed by atoms with Crippen LogP contribution in [0.4, 0.5) is 5.69 Å². The molecule has 1 unspecified atom stereocenters. The van der Waals surface area contributed by atoms with Crippen molar-refractivity contribution in [3.8, 4) is 0 Å². The summed E-state index contributed by atoms with van der Waals surface area (Å²) in [5.74, 6) is -1.43. The second-order valence-corrected chi connectivity index (χ2v) is 9.06. The zero-order valence-electron chi connectivity index (χ0n) is 12.6. The van der Waals surface area contributed by atoms with E-state index < -0.39 is 37.9 Å². The van der Waals surface area contributed by atoms with E-state index in [-0.39, 0.29) is 22.9 Å². The number of rotatable bonds is 5. The number of carbonyl (C=O) groups excluding carboxylic acids is 1. The van der Waals surface area contributed by atoms with Gasteiger partial charge in [-0.3, -0.25) is 4.79 Å². The van der Waals surface area contributed by atoms with Crippen LogP contribution in [0.15, 0.2) is 29.2 Å². The standard InChI is InChI=1S/C13H18N2O6S2/c1-9-8-22(18,19)15(13(9)17)11-3-5-12(6-4-11)23(20,21)14-10(2)7-16/h3-6,9-10,14,16H,7-8H2,1-2H3/t9?,10-/m0/s1. The van der Waals surface area contributed by atoms with Crippen molar-refractivity contribution in [2.75, 3.05) is 16.7 Å². The fraction of sp³-hybridized carbons (Fsp3) is 0.462. The molecule has 2 N–H and O–H groups in total. The molecule has 2 atom stereocenters. The SMILES string of the molecule is CC1CS(=O)(=O)N(c2ccc(S(=O)(=O)N[C@@H](C)CO)cc2)C1=O. The third-order valence-electron chi connectivity index (χ3n) is 3.37. The molecule has 0 saturated carbocycles. The number of sulfonamides is 2. The number of carbonyl (C=O) groups is 1. The molecule has 2 rings (SSSR count). The topological polar surface area (TPSA) is 121 Å². The average molecular weight is 362 g/mol. The minimum Gasteiger partial charge on any atom is -0.395 e. The molecule has 10 heteroatoms. The van der Waals surface area contributed by atoms with E-state index in [1.165, 1.54) is 38.1 Å². The second-order valence-electron chi connectivity index (χ2n) is 5.48. The molecule has 1 fully saturated rings. The van der Waals surface area contributed by atoms with Crippen LogP contribution < -0.4 is 9.03 Å². The van der Waals surface area contributed by atoms with E-state index in [0.717, 1.165) is 0 Å². The summed E-state index contributed by atoms with van der Waals surface area (Å²) >= 11 is 0. The third-order valence-corrected chi connectivity index (χ3v) is 6.85. The smallest absolute Gasteiger partial charge is 0.244 e. The molecule has 0 bridgehead atoms. The van der Waals surface area contributed by atoms with Crippen molar-refractivity contribution in [3.05, 3.63) is 24.3 Å². The maximum absolute atomic E-state index is 12.1. The van der Waals surface area contributed by atoms with E-state index in [4.69, 9.17) is 5.11 Å².